The van der Waals surface area contributed by atoms with Crippen molar-refractivity contribution in [2.24, 2.45) is 0 Å². The predicted octanol–water partition coefficient (Wildman–Crippen LogP) is 5.17. The van der Waals surface area contributed by atoms with Crippen LogP contribution in [0.15, 0.2) is 70.2 Å². The summed E-state index contributed by atoms with van der Waals surface area (Å²) in [5.41, 5.74) is 1.02. The Hall–Kier alpha value is -3.21. The minimum atomic E-state index is -3.62. The van der Waals surface area contributed by atoms with Gasteiger partial charge in [-0.25, -0.2) is 17.7 Å². The standard InChI is InChI=1S/C25H27N3O5S2/c1-4-5-15-27(2)35(30,31)20-13-11-18(12-14-20)24(29)28(17-19-8-7-16-33-19)25-26-23-21(32-3)9-6-10-22(23)34-25/h6-14,16H,4-5,15,17H2,1-3H3. The first-order valence-electron chi connectivity index (χ1n) is 11.2. The van der Waals surface area contributed by atoms with Crippen LogP contribution in [0.2, 0.25) is 0 Å². The van der Waals surface area contributed by atoms with E-state index in [1.807, 2.05) is 25.1 Å². The lowest BCUT2D eigenvalue weighted by Crippen LogP contribution is -2.30. The molecular weight excluding hydrogens is 486 g/mol. The van der Waals surface area contributed by atoms with Gasteiger partial charge in [-0.2, -0.15) is 0 Å². The summed E-state index contributed by atoms with van der Waals surface area (Å²) in [6, 6.07) is 15.2. The third-order valence-corrected chi connectivity index (χ3v) is 8.51. The maximum absolute atomic E-state index is 13.6. The van der Waals surface area contributed by atoms with Crippen LogP contribution in [0.5, 0.6) is 5.75 Å². The first-order valence-corrected chi connectivity index (χ1v) is 13.4. The van der Waals surface area contributed by atoms with Crippen LogP contribution < -0.4 is 9.64 Å². The van der Waals surface area contributed by atoms with E-state index >= 15 is 0 Å². The SMILES string of the molecule is CCCCN(C)S(=O)(=O)c1ccc(C(=O)N(Cc2ccco2)c2nc3c(OC)cccc3s2)cc1. The highest BCUT2D eigenvalue weighted by Gasteiger charge is 2.25. The van der Waals surface area contributed by atoms with E-state index in [0.29, 0.717) is 34.3 Å². The summed E-state index contributed by atoms with van der Waals surface area (Å²) < 4.78 is 38.8. The molecule has 0 aliphatic rings. The topological polar surface area (TPSA) is 93.0 Å². The summed E-state index contributed by atoms with van der Waals surface area (Å²) >= 11 is 1.37. The van der Waals surface area contributed by atoms with Gasteiger partial charge in [0, 0.05) is 19.2 Å². The summed E-state index contributed by atoms with van der Waals surface area (Å²) in [7, 11) is -0.479. The first kappa shape index (κ1) is 24.9. The van der Waals surface area contributed by atoms with Gasteiger partial charge < -0.3 is 9.15 Å². The molecule has 8 nitrogen and oxygen atoms in total. The fraction of sp³-hybridized carbons (Fsp3) is 0.280. The molecule has 184 valence electrons. The Kier molecular flexibility index (Phi) is 7.54. The molecule has 0 fully saturated rings. The number of carbonyl (C=O) groups excluding carboxylic acids is 1. The molecule has 0 spiro atoms. The lowest BCUT2D eigenvalue weighted by molar-refractivity contribution is 0.0983. The van der Waals surface area contributed by atoms with E-state index in [1.165, 1.54) is 44.8 Å². The molecule has 0 bridgehead atoms. The molecule has 10 heteroatoms. The molecule has 0 unspecified atom stereocenters. The number of fused-ring (bicyclic) bond motifs is 1. The van der Waals surface area contributed by atoms with Crippen molar-refractivity contribution in [3.05, 3.63) is 72.2 Å². The fourth-order valence-electron chi connectivity index (χ4n) is 3.58. The number of carbonyl (C=O) groups is 1. The summed E-state index contributed by atoms with van der Waals surface area (Å²) in [4.78, 5) is 19.9. The van der Waals surface area contributed by atoms with Crippen molar-refractivity contribution in [1.82, 2.24) is 9.29 Å². The van der Waals surface area contributed by atoms with Crippen molar-refractivity contribution in [3.8, 4) is 5.75 Å². The molecule has 0 saturated carbocycles. The number of hydrogen-bond donors (Lipinski definition) is 0. The van der Waals surface area contributed by atoms with Crippen LogP contribution in [0.1, 0.15) is 35.9 Å². The van der Waals surface area contributed by atoms with Gasteiger partial charge in [-0.05, 0) is 55.0 Å². The molecule has 4 aromatic rings. The minimum absolute atomic E-state index is 0.148. The van der Waals surface area contributed by atoms with Crippen molar-refractivity contribution < 1.29 is 22.4 Å². The van der Waals surface area contributed by atoms with E-state index in [9.17, 15) is 13.2 Å². The third kappa shape index (κ3) is 5.24. The number of thiazole rings is 1. The van der Waals surface area contributed by atoms with Crippen LogP contribution in [-0.4, -0.2) is 44.3 Å². The second kappa shape index (κ2) is 10.6. The second-order valence-electron chi connectivity index (χ2n) is 7.98. The summed E-state index contributed by atoms with van der Waals surface area (Å²) in [6.45, 7) is 2.63. The van der Waals surface area contributed by atoms with Gasteiger partial charge in [0.15, 0.2) is 5.13 Å². The highest BCUT2D eigenvalue weighted by Crippen LogP contribution is 2.35. The van der Waals surface area contributed by atoms with Gasteiger partial charge in [0.2, 0.25) is 10.0 Å². The molecule has 1 amide bonds. The van der Waals surface area contributed by atoms with Gasteiger partial charge in [-0.15, -0.1) is 0 Å². The van der Waals surface area contributed by atoms with Crippen LogP contribution in [-0.2, 0) is 16.6 Å². The first-order chi connectivity index (χ1) is 16.8. The van der Waals surface area contributed by atoms with Crippen LogP contribution >= 0.6 is 11.3 Å². The van der Waals surface area contributed by atoms with Crippen LogP contribution in [0.3, 0.4) is 0 Å². The highest BCUT2D eigenvalue weighted by molar-refractivity contribution is 7.89. The molecule has 35 heavy (non-hydrogen) atoms. The number of anilines is 1. The summed E-state index contributed by atoms with van der Waals surface area (Å²) in [6.07, 6.45) is 3.23. The Bertz CT molecular complexity index is 1400. The Labute approximate surface area is 208 Å². The molecule has 2 heterocycles. The summed E-state index contributed by atoms with van der Waals surface area (Å²) in [5.74, 6) is 0.904. The van der Waals surface area contributed by atoms with Gasteiger partial charge in [-0.1, -0.05) is 30.7 Å². The number of sulfonamides is 1. The van der Waals surface area contributed by atoms with Gasteiger partial charge in [-0.3, -0.25) is 9.69 Å². The molecule has 2 aromatic carbocycles. The Morgan fingerprint density at radius 2 is 1.89 bits per heavy atom. The zero-order valence-corrected chi connectivity index (χ0v) is 21.4. The van der Waals surface area contributed by atoms with Gasteiger partial charge in [0.1, 0.15) is 17.0 Å². The minimum Gasteiger partial charge on any atom is -0.494 e. The molecule has 0 radical (unpaired) electrons. The number of para-hydroxylation sites is 1. The molecule has 0 aliphatic carbocycles. The Morgan fingerprint density at radius 3 is 2.54 bits per heavy atom. The lowest BCUT2D eigenvalue weighted by Gasteiger charge is -2.20. The highest BCUT2D eigenvalue weighted by atomic mass is 32.2. The molecule has 0 N–H and O–H groups in total. The normalized spacial score (nSPS) is 11.8. The van der Waals surface area contributed by atoms with Crippen LogP contribution in [0.25, 0.3) is 10.2 Å². The van der Waals surface area contributed by atoms with Crippen molar-refractivity contribution in [2.75, 3.05) is 25.6 Å². The zero-order valence-electron chi connectivity index (χ0n) is 19.8. The van der Waals surface area contributed by atoms with Crippen LogP contribution in [0.4, 0.5) is 5.13 Å². The number of unbranched alkanes of at least 4 members (excludes halogenated alkanes) is 1. The quantitative estimate of drug-likeness (QED) is 0.291. The third-order valence-electron chi connectivity index (χ3n) is 5.60. The molecule has 0 saturated heterocycles. The van der Waals surface area contributed by atoms with Crippen molar-refractivity contribution in [2.45, 2.75) is 31.2 Å². The van der Waals surface area contributed by atoms with Gasteiger partial charge in [0.05, 0.1) is 29.5 Å². The number of rotatable bonds is 10. The predicted molar refractivity (Wildman–Crippen MR) is 137 cm³/mol. The van der Waals surface area contributed by atoms with Crippen molar-refractivity contribution in [1.29, 1.82) is 0 Å². The number of aromatic nitrogens is 1. The molecule has 0 aliphatic heterocycles. The molecule has 0 atom stereocenters. The fourth-order valence-corrected chi connectivity index (χ4v) is 5.77. The number of nitrogens with zero attached hydrogens (tertiary/aromatic N) is 3. The zero-order chi connectivity index (χ0) is 25.0. The van der Waals surface area contributed by atoms with Gasteiger partial charge in [0.25, 0.3) is 5.91 Å². The van der Waals surface area contributed by atoms with E-state index in [0.717, 1.165) is 17.5 Å². The monoisotopic (exact) mass is 513 g/mol. The van der Waals surface area contributed by atoms with E-state index in [1.54, 1.807) is 32.6 Å². The van der Waals surface area contributed by atoms with E-state index in [4.69, 9.17) is 9.15 Å². The van der Waals surface area contributed by atoms with Crippen molar-refractivity contribution in [3.63, 3.8) is 0 Å². The molecule has 2 aromatic heterocycles. The number of methoxy groups -OCH3 is 1. The van der Waals surface area contributed by atoms with E-state index in [-0.39, 0.29) is 17.3 Å². The average molecular weight is 514 g/mol. The number of furan rings is 1. The number of ether oxygens (including phenoxy) is 1. The average Bonchev–Trinajstić information content (AvgIpc) is 3.55. The Balaban J connectivity index is 1.66. The second-order valence-corrected chi connectivity index (χ2v) is 11.0. The molecular formula is C25H27N3O5S2. The largest absolute Gasteiger partial charge is 0.494 e. The Morgan fingerprint density at radius 1 is 1.11 bits per heavy atom. The van der Waals surface area contributed by atoms with E-state index in [2.05, 4.69) is 4.98 Å². The smallest absolute Gasteiger partial charge is 0.260 e. The maximum Gasteiger partial charge on any atom is 0.260 e. The number of amides is 1. The van der Waals surface area contributed by atoms with Crippen molar-refractivity contribution >= 4 is 42.6 Å². The molecule has 4 rings (SSSR count). The summed E-state index contributed by atoms with van der Waals surface area (Å²) in [5, 5.41) is 0.488. The maximum atomic E-state index is 13.6. The van der Waals surface area contributed by atoms with Gasteiger partial charge >= 0.3 is 0 Å². The lowest BCUT2D eigenvalue weighted by atomic mass is 10.2. The van der Waals surface area contributed by atoms with Crippen LogP contribution in [0, 0.1) is 0 Å². The number of benzene rings is 2. The number of hydrogen-bond acceptors (Lipinski definition) is 7. The van der Waals surface area contributed by atoms with E-state index < -0.39 is 10.0 Å².